The van der Waals surface area contributed by atoms with Gasteiger partial charge in [-0.2, -0.15) is 0 Å². The second-order valence-corrected chi connectivity index (χ2v) is 7.94. The van der Waals surface area contributed by atoms with E-state index in [0.717, 1.165) is 5.56 Å². The molecule has 1 heterocycles. The van der Waals surface area contributed by atoms with Crippen LogP contribution >= 0.6 is 23.4 Å². The summed E-state index contributed by atoms with van der Waals surface area (Å²) in [7, 11) is 1.84. The average Bonchev–Trinajstić information content (AvgIpc) is 3.03. The number of hydrogen-bond donors (Lipinski definition) is 1. The number of anilines is 1. The minimum absolute atomic E-state index is 0.0154. The number of benzene rings is 2. The molecule has 0 aliphatic rings. The van der Waals surface area contributed by atoms with Crippen LogP contribution in [-0.4, -0.2) is 31.7 Å². The van der Waals surface area contributed by atoms with Gasteiger partial charge in [0.2, 0.25) is 5.91 Å². The number of nitrogens with one attached hydrogen (secondary N) is 1. The zero-order chi connectivity index (χ0) is 20.3. The number of hydrogen-bond acceptors (Lipinski definition) is 5. The van der Waals surface area contributed by atoms with E-state index in [1.54, 1.807) is 37.3 Å². The monoisotopic (exact) mass is 414 g/mol. The largest absolute Gasteiger partial charge is 0.325 e. The van der Waals surface area contributed by atoms with Gasteiger partial charge in [-0.15, -0.1) is 10.2 Å². The molecule has 0 bridgehead atoms. The number of ketones is 1. The molecule has 3 rings (SSSR count). The van der Waals surface area contributed by atoms with Gasteiger partial charge in [-0.05, 0) is 50.2 Å². The maximum absolute atomic E-state index is 12.5. The van der Waals surface area contributed by atoms with Crippen molar-refractivity contribution in [3.63, 3.8) is 0 Å². The van der Waals surface area contributed by atoms with Gasteiger partial charge in [0, 0.05) is 23.9 Å². The molecular weight excluding hydrogens is 396 g/mol. The lowest BCUT2D eigenvalue weighted by molar-refractivity contribution is -0.115. The third-order valence-electron chi connectivity index (χ3n) is 4.16. The van der Waals surface area contributed by atoms with E-state index in [0.29, 0.717) is 27.3 Å². The lowest BCUT2D eigenvalue weighted by atomic mass is 10.1. The van der Waals surface area contributed by atoms with Crippen LogP contribution in [0.2, 0.25) is 5.02 Å². The van der Waals surface area contributed by atoms with Crippen molar-refractivity contribution in [2.24, 2.45) is 7.05 Å². The van der Waals surface area contributed by atoms with Crippen molar-refractivity contribution >= 4 is 40.7 Å². The lowest BCUT2D eigenvalue weighted by Gasteiger charge is -2.12. The van der Waals surface area contributed by atoms with Crippen molar-refractivity contribution < 1.29 is 9.59 Å². The van der Waals surface area contributed by atoms with Gasteiger partial charge in [-0.1, -0.05) is 35.5 Å². The highest BCUT2D eigenvalue weighted by Gasteiger charge is 2.20. The highest BCUT2D eigenvalue weighted by Crippen LogP contribution is 2.30. The van der Waals surface area contributed by atoms with Gasteiger partial charge in [0.05, 0.1) is 10.3 Å². The Hall–Kier alpha value is -2.64. The summed E-state index contributed by atoms with van der Waals surface area (Å²) < 4.78 is 1.82. The quantitative estimate of drug-likeness (QED) is 0.476. The molecule has 144 valence electrons. The molecule has 2 aromatic carbocycles. The fourth-order valence-electron chi connectivity index (χ4n) is 2.54. The van der Waals surface area contributed by atoms with Crippen molar-refractivity contribution in [1.29, 1.82) is 0 Å². The van der Waals surface area contributed by atoms with E-state index in [2.05, 4.69) is 15.5 Å². The number of thioether (sulfide) groups is 1. The van der Waals surface area contributed by atoms with Gasteiger partial charge in [0.15, 0.2) is 16.8 Å². The van der Waals surface area contributed by atoms with Crippen molar-refractivity contribution in [1.82, 2.24) is 14.8 Å². The molecule has 1 N–H and O–H groups in total. The van der Waals surface area contributed by atoms with Crippen LogP contribution in [0.3, 0.4) is 0 Å². The second kappa shape index (κ2) is 8.58. The maximum atomic E-state index is 12.5. The van der Waals surface area contributed by atoms with E-state index >= 15 is 0 Å². The molecule has 0 radical (unpaired) electrons. The van der Waals surface area contributed by atoms with E-state index in [4.69, 9.17) is 11.6 Å². The number of rotatable bonds is 6. The average molecular weight is 415 g/mol. The third-order valence-corrected chi connectivity index (χ3v) is 5.62. The Balaban J connectivity index is 1.69. The summed E-state index contributed by atoms with van der Waals surface area (Å²) in [6, 6.07) is 14.2. The Bertz CT molecular complexity index is 1020. The summed E-state index contributed by atoms with van der Waals surface area (Å²) in [5.41, 5.74) is 2.03. The molecule has 0 aliphatic carbocycles. The first-order chi connectivity index (χ1) is 13.4. The molecular formula is C20H19ClN4O2S. The van der Waals surface area contributed by atoms with Crippen LogP contribution in [-0.2, 0) is 11.8 Å². The van der Waals surface area contributed by atoms with Crippen LogP contribution in [0.15, 0.2) is 53.7 Å². The predicted molar refractivity (Wildman–Crippen MR) is 112 cm³/mol. The molecule has 0 fully saturated rings. The number of carbonyl (C=O) groups is 2. The number of amides is 1. The fraction of sp³-hybridized carbons (Fsp3) is 0.200. The van der Waals surface area contributed by atoms with E-state index in [1.165, 1.54) is 18.7 Å². The molecule has 0 unspecified atom stereocenters. The van der Waals surface area contributed by atoms with E-state index < -0.39 is 5.25 Å². The molecule has 1 aromatic heterocycles. The van der Waals surface area contributed by atoms with Gasteiger partial charge in [-0.25, -0.2) is 0 Å². The van der Waals surface area contributed by atoms with Gasteiger partial charge in [-0.3, -0.25) is 9.59 Å². The van der Waals surface area contributed by atoms with Crippen LogP contribution in [0.25, 0.3) is 11.4 Å². The molecule has 6 nitrogen and oxygen atoms in total. The smallest absolute Gasteiger partial charge is 0.237 e. The Morgan fingerprint density at radius 3 is 2.43 bits per heavy atom. The van der Waals surface area contributed by atoms with Crippen LogP contribution in [0.4, 0.5) is 5.69 Å². The number of Topliss-reactive ketones (excluding diaryl/α,β-unsaturated/α-hetero) is 1. The molecule has 0 spiro atoms. The first kappa shape index (κ1) is 20.1. The van der Waals surface area contributed by atoms with Gasteiger partial charge < -0.3 is 9.88 Å². The Kier molecular flexibility index (Phi) is 6.16. The summed E-state index contributed by atoms with van der Waals surface area (Å²) in [5, 5.41) is 12.1. The number of carbonyl (C=O) groups excluding carboxylic acids is 2. The zero-order valence-electron chi connectivity index (χ0n) is 15.6. The topological polar surface area (TPSA) is 76.9 Å². The SMILES string of the molecule is CC(=O)c1ccc(NC(=O)[C@H](C)Sc2nnc(-c3ccccc3Cl)n2C)cc1. The lowest BCUT2D eigenvalue weighted by Crippen LogP contribution is -2.22. The van der Waals surface area contributed by atoms with Gasteiger partial charge in [0.1, 0.15) is 0 Å². The predicted octanol–water partition coefficient (Wildman–Crippen LogP) is 4.46. The van der Waals surface area contributed by atoms with Crippen LogP contribution in [0.5, 0.6) is 0 Å². The van der Waals surface area contributed by atoms with Gasteiger partial charge >= 0.3 is 0 Å². The third kappa shape index (κ3) is 4.43. The molecule has 1 atom stereocenters. The summed E-state index contributed by atoms with van der Waals surface area (Å²) >= 11 is 7.55. The number of aromatic nitrogens is 3. The Morgan fingerprint density at radius 2 is 1.79 bits per heavy atom. The summed E-state index contributed by atoms with van der Waals surface area (Å²) in [4.78, 5) is 23.8. The van der Waals surface area contributed by atoms with Crippen molar-refractivity contribution in [2.45, 2.75) is 24.3 Å². The van der Waals surface area contributed by atoms with Gasteiger partial charge in [0.25, 0.3) is 0 Å². The first-order valence-corrected chi connectivity index (χ1v) is 9.85. The number of halogens is 1. The molecule has 28 heavy (non-hydrogen) atoms. The minimum atomic E-state index is -0.394. The standard InChI is InChI=1S/C20H19ClN4O2S/c1-12(26)14-8-10-15(11-9-14)22-19(27)13(2)28-20-24-23-18(25(20)3)16-6-4-5-7-17(16)21/h4-11,13H,1-3H3,(H,22,27)/t13-/m0/s1. The van der Waals surface area contributed by atoms with Crippen LogP contribution in [0, 0.1) is 0 Å². The zero-order valence-corrected chi connectivity index (χ0v) is 17.2. The van der Waals surface area contributed by atoms with E-state index in [9.17, 15) is 9.59 Å². The molecule has 0 saturated carbocycles. The molecule has 3 aromatic rings. The molecule has 1 amide bonds. The molecule has 8 heteroatoms. The minimum Gasteiger partial charge on any atom is -0.325 e. The normalized spacial score (nSPS) is 11.9. The van der Waals surface area contributed by atoms with E-state index in [-0.39, 0.29) is 11.7 Å². The van der Waals surface area contributed by atoms with E-state index in [1.807, 2.05) is 29.8 Å². The van der Waals surface area contributed by atoms with Crippen LogP contribution < -0.4 is 5.32 Å². The van der Waals surface area contributed by atoms with Crippen molar-refractivity contribution in [3.8, 4) is 11.4 Å². The fourth-order valence-corrected chi connectivity index (χ4v) is 3.57. The first-order valence-electron chi connectivity index (χ1n) is 8.59. The van der Waals surface area contributed by atoms with Crippen molar-refractivity contribution in [2.75, 3.05) is 5.32 Å². The summed E-state index contributed by atoms with van der Waals surface area (Å²) in [6.45, 7) is 3.30. The second-order valence-electron chi connectivity index (χ2n) is 6.23. The Labute approximate surface area is 172 Å². The number of nitrogens with zero attached hydrogens (tertiary/aromatic N) is 3. The highest BCUT2D eigenvalue weighted by molar-refractivity contribution is 8.00. The van der Waals surface area contributed by atoms with Crippen molar-refractivity contribution in [3.05, 3.63) is 59.1 Å². The molecule has 0 saturated heterocycles. The Morgan fingerprint density at radius 1 is 1.11 bits per heavy atom. The van der Waals surface area contributed by atoms with Crippen LogP contribution in [0.1, 0.15) is 24.2 Å². The maximum Gasteiger partial charge on any atom is 0.237 e. The summed E-state index contributed by atoms with van der Waals surface area (Å²) in [5.74, 6) is 0.460. The highest BCUT2D eigenvalue weighted by atomic mass is 35.5. The molecule has 0 aliphatic heterocycles. The summed E-state index contributed by atoms with van der Waals surface area (Å²) in [6.07, 6.45) is 0.